The first-order valence-electron chi connectivity index (χ1n) is 17.4. The number of anilines is 2. The van der Waals surface area contributed by atoms with Gasteiger partial charge in [-0.05, 0) is 116 Å². The number of hydrogen-bond donors (Lipinski definition) is 0. The molecule has 0 unspecified atom stereocenters. The molecule has 0 amide bonds. The third-order valence-corrected chi connectivity index (χ3v) is 11.0. The molecule has 0 atom stereocenters. The standard InChI is InChI=1S/C41H45N3O6S2.Na/c1-5-42(6-2)36-19-13-33(14-20-36)41(34-15-21-37(22-16-34)43(7-3)29-31-9-25-39(26-10-31)51(45,46)47)35-17-23-38(24-18-35)44(8-4)30-32-11-27-40(28-12-32)52(48,49)50;/h9-28H,5-8,29-30H2,1-4H3,(H-,45,46,47,48,49,50);/q;+1/p-1. The van der Waals surface area contributed by atoms with Crippen LogP contribution in [-0.2, 0) is 33.3 Å². The minimum atomic E-state index is -4.50. The predicted octanol–water partition coefficient (Wildman–Crippen LogP) is 3.97. The first-order valence-corrected chi connectivity index (χ1v) is 20.2. The molecule has 4 aromatic carbocycles. The summed E-state index contributed by atoms with van der Waals surface area (Å²) < 4.78 is 70.4. The summed E-state index contributed by atoms with van der Waals surface area (Å²) in [5, 5.41) is 0. The van der Waals surface area contributed by atoms with Gasteiger partial charge in [0, 0.05) is 55.3 Å². The Labute approximate surface area is 336 Å². The molecule has 9 nitrogen and oxygen atoms in total. The molecule has 0 saturated carbocycles. The van der Waals surface area contributed by atoms with Crippen molar-refractivity contribution in [3.05, 3.63) is 149 Å². The van der Waals surface area contributed by atoms with E-state index in [1.54, 1.807) is 24.3 Å². The van der Waals surface area contributed by atoms with Crippen LogP contribution < -0.4 is 39.4 Å². The van der Waals surface area contributed by atoms with Crippen molar-refractivity contribution < 1.29 is 60.1 Å². The second-order valence-corrected chi connectivity index (χ2v) is 15.2. The minimum absolute atomic E-state index is 0. The van der Waals surface area contributed by atoms with Crippen LogP contribution >= 0.6 is 0 Å². The molecule has 5 rings (SSSR count). The van der Waals surface area contributed by atoms with Crippen LogP contribution in [-0.4, -0.2) is 62.4 Å². The Hall–Kier alpha value is -3.81. The molecular weight excluding hydrogens is 718 g/mol. The average molecular weight is 762 g/mol. The van der Waals surface area contributed by atoms with E-state index in [2.05, 4.69) is 115 Å². The van der Waals surface area contributed by atoms with Crippen LogP contribution in [0, 0.1) is 0 Å². The molecule has 0 heterocycles. The molecule has 0 aromatic heterocycles. The van der Waals surface area contributed by atoms with Gasteiger partial charge in [0.05, 0.1) is 9.79 Å². The van der Waals surface area contributed by atoms with Gasteiger partial charge in [0.2, 0.25) is 0 Å². The molecule has 0 radical (unpaired) electrons. The van der Waals surface area contributed by atoms with Crippen LogP contribution in [0.3, 0.4) is 0 Å². The van der Waals surface area contributed by atoms with Gasteiger partial charge in [0.15, 0.2) is 12.3 Å². The molecule has 0 fully saturated rings. The van der Waals surface area contributed by atoms with Gasteiger partial charge in [-0.15, -0.1) is 0 Å². The van der Waals surface area contributed by atoms with Gasteiger partial charge < -0.3 is 18.9 Å². The summed E-state index contributed by atoms with van der Waals surface area (Å²) in [6, 6.07) is 29.2. The summed E-state index contributed by atoms with van der Waals surface area (Å²) in [5.41, 5.74) is 9.24. The van der Waals surface area contributed by atoms with Crippen LogP contribution in [0.5, 0.6) is 0 Å². The first-order chi connectivity index (χ1) is 24.8. The van der Waals surface area contributed by atoms with Crippen molar-refractivity contribution in [2.75, 3.05) is 36.0 Å². The number of allylic oxidation sites excluding steroid dienone is 5. The Morgan fingerprint density at radius 3 is 1.38 bits per heavy atom. The van der Waals surface area contributed by atoms with Gasteiger partial charge in [-0.2, -0.15) is 0 Å². The van der Waals surface area contributed by atoms with Gasteiger partial charge in [-0.25, -0.2) is 21.4 Å². The van der Waals surface area contributed by atoms with Crippen LogP contribution in [0.15, 0.2) is 137 Å². The second kappa shape index (κ2) is 18.5. The molecular formula is C41H44N3NaO6S2. The summed E-state index contributed by atoms with van der Waals surface area (Å²) in [7, 11) is -8.99. The van der Waals surface area contributed by atoms with Crippen molar-refractivity contribution in [2.24, 2.45) is 0 Å². The minimum Gasteiger partial charge on any atom is -0.744 e. The first kappa shape index (κ1) is 41.9. The quantitative estimate of drug-likeness (QED) is 0.108. The van der Waals surface area contributed by atoms with Crippen LogP contribution in [0.1, 0.15) is 49.9 Å². The Kier molecular flexibility index (Phi) is 14.6. The summed E-state index contributed by atoms with van der Waals surface area (Å²) >= 11 is 0. The Bertz CT molecular complexity index is 2190. The molecule has 12 heteroatoms. The topological polar surface area (TPSA) is 124 Å². The van der Waals surface area contributed by atoms with E-state index >= 15 is 0 Å². The summed E-state index contributed by atoms with van der Waals surface area (Å²) in [4.78, 5) is 4.02. The van der Waals surface area contributed by atoms with Crippen molar-refractivity contribution in [1.29, 1.82) is 0 Å². The molecule has 53 heavy (non-hydrogen) atoms. The number of rotatable bonds is 14. The normalized spacial score (nSPS) is 12.7. The van der Waals surface area contributed by atoms with Crippen LogP contribution in [0.4, 0.5) is 11.4 Å². The maximum atomic E-state index is 11.4. The number of nitrogens with zero attached hydrogens (tertiary/aromatic N) is 3. The molecule has 0 N–H and O–H groups in total. The van der Waals surface area contributed by atoms with Crippen molar-refractivity contribution in [3.8, 4) is 0 Å². The monoisotopic (exact) mass is 761 g/mol. The van der Waals surface area contributed by atoms with Gasteiger partial charge in [-0.3, -0.25) is 0 Å². The van der Waals surface area contributed by atoms with E-state index in [0.29, 0.717) is 13.1 Å². The Morgan fingerprint density at radius 1 is 0.566 bits per heavy atom. The van der Waals surface area contributed by atoms with Crippen molar-refractivity contribution >= 4 is 42.9 Å². The fraction of sp³-hybridized carbons (Fsp3) is 0.244. The van der Waals surface area contributed by atoms with E-state index in [-0.39, 0.29) is 39.3 Å². The third-order valence-electron chi connectivity index (χ3n) is 9.26. The molecule has 0 saturated heterocycles. The van der Waals surface area contributed by atoms with E-state index in [4.69, 9.17) is 0 Å². The molecule has 0 spiro atoms. The molecule has 0 aliphatic heterocycles. The molecule has 4 aromatic rings. The number of hydrogen-bond acceptors (Lipinski definition) is 8. The third kappa shape index (κ3) is 10.7. The smallest absolute Gasteiger partial charge is 0.744 e. The van der Waals surface area contributed by atoms with E-state index in [1.807, 2.05) is 0 Å². The van der Waals surface area contributed by atoms with E-state index in [9.17, 15) is 25.9 Å². The predicted molar refractivity (Wildman–Crippen MR) is 206 cm³/mol. The zero-order valence-corrected chi connectivity index (χ0v) is 34.5. The molecule has 1 aliphatic rings. The Morgan fingerprint density at radius 2 is 0.981 bits per heavy atom. The summed E-state index contributed by atoms with van der Waals surface area (Å²) in [6.07, 6.45) is 8.43. The second-order valence-electron chi connectivity index (χ2n) is 12.4. The van der Waals surface area contributed by atoms with Crippen molar-refractivity contribution in [3.63, 3.8) is 0 Å². The fourth-order valence-corrected chi connectivity index (χ4v) is 7.28. The zero-order valence-electron chi connectivity index (χ0n) is 30.9. The van der Waals surface area contributed by atoms with Crippen molar-refractivity contribution in [2.45, 2.75) is 50.6 Å². The van der Waals surface area contributed by atoms with E-state index in [1.165, 1.54) is 24.3 Å². The Balaban J connectivity index is 0.00000627. The zero-order chi connectivity index (χ0) is 37.5. The van der Waals surface area contributed by atoms with Gasteiger partial charge in [0.25, 0.3) is 0 Å². The number of benzene rings is 4. The van der Waals surface area contributed by atoms with Crippen LogP contribution in [0.25, 0.3) is 5.57 Å². The largest absolute Gasteiger partial charge is 1.00 e. The molecule has 272 valence electrons. The van der Waals surface area contributed by atoms with E-state index < -0.39 is 20.2 Å². The van der Waals surface area contributed by atoms with Crippen LogP contribution in [0.2, 0.25) is 0 Å². The fourth-order valence-electron chi connectivity index (χ4n) is 6.34. The SMILES string of the molecule is CCN(CC)c1ccc(C(=C2C=CC(=[N+](CC)Cc3ccc(S(=O)(=O)[O-])cc3)C=C2)c2ccc(N(CC)Cc3ccc(S(=O)(=O)[O-])cc3)cc2)cc1.[Na+]. The average Bonchev–Trinajstić information content (AvgIpc) is 3.14. The van der Waals surface area contributed by atoms with Gasteiger partial charge >= 0.3 is 29.6 Å². The maximum Gasteiger partial charge on any atom is 1.00 e. The van der Waals surface area contributed by atoms with Gasteiger partial charge in [0.1, 0.15) is 26.8 Å². The molecule has 1 aliphatic carbocycles. The van der Waals surface area contributed by atoms with Gasteiger partial charge in [-0.1, -0.05) is 48.5 Å². The summed E-state index contributed by atoms with van der Waals surface area (Å²) in [5.74, 6) is 0. The summed E-state index contributed by atoms with van der Waals surface area (Å²) in [6.45, 7) is 12.8. The van der Waals surface area contributed by atoms with E-state index in [0.717, 1.165) is 76.7 Å². The molecule has 0 bridgehead atoms. The van der Waals surface area contributed by atoms with Crippen molar-refractivity contribution in [1.82, 2.24) is 0 Å². The maximum absolute atomic E-state index is 11.4.